The van der Waals surface area contributed by atoms with Crippen LogP contribution in [0, 0.1) is 0 Å². The summed E-state index contributed by atoms with van der Waals surface area (Å²) in [6.07, 6.45) is 0. The molecule has 0 bridgehead atoms. The number of rotatable bonds is 5. The lowest BCUT2D eigenvalue weighted by Gasteiger charge is -2.12. The van der Waals surface area contributed by atoms with Crippen molar-refractivity contribution >= 4 is 23.0 Å². The van der Waals surface area contributed by atoms with Gasteiger partial charge in [-0.2, -0.15) is 0 Å². The minimum atomic E-state index is 0.561. The summed E-state index contributed by atoms with van der Waals surface area (Å²) in [5.41, 5.74) is 1.99. The molecule has 0 aliphatic carbocycles. The first-order valence-corrected chi connectivity index (χ1v) is 6.94. The van der Waals surface area contributed by atoms with Gasteiger partial charge in [0.05, 0.1) is 14.2 Å². The minimum absolute atomic E-state index is 0.561. The van der Waals surface area contributed by atoms with Crippen molar-refractivity contribution in [2.24, 2.45) is 0 Å². The van der Waals surface area contributed by atoms with Crippen LogP contribution in [0.2, 0.25) is 0 Å². The third kappa shape index (κ3) is 4.65. The molecule has 0 atom stereocenters. The Morgan fingerprint density at radius 1 is 1.00 bits per heavy atom. The van der Waals surface area contributed by atoms with Crippen LogP contribution in [0.1, 0.15) is 5.56 Å². The zero-order chi connectivity index (χ0) is 15.1. The number of thiocarbonyl (C=S) groups is 1. The van der Waals surface area contributed by atoms with Crippen LogP contribution in [0.3, 0.4) is 0 Å². The van der Waals surface area contributed by atoms with E-state index in [4.69, 9.17) is 21.7 Å². The van der Waals surface area contributed by atoms with Gasteiger partial charge in [-0.25, -0.2) is 0 Å². The molecule has 0 spiro atoms. The zero-order valence-corrected chi connectivity index (χ0v) is 12.9. The highest BCUT2D eigenvalue weighted by Gasteiger charge is 2.00. The van der Waals surface area contributed by atoms with Crippen molar-refractivity contribution in [3.05, 3.63) is 54.1 Å². The van der Waals surface area contributed by atoms with E-state index in [9.17, 15) is 0 Å². The molecule has 2 aromatic carbocycles. The molecule has 4 nitrogen and oxygen atoms in total. The van der Waals surface area contributed by atoms with Crippen molar-refractivity contribution in [2.45, 2.75) is 6.54 Å². The van der Waals surface area contributed by atoms with Crippen molar-refractivity contribution < 1.29 is 9.47 Å². The molecule has 0 saturated carbocycles. The largest absolute Gasteiger partial charge is 0.497 e. The molecule has 0 amide bonds. The second-order valence-corrected chi connectivity index (χ2v) is 4.80. The summed E-state index contributed by atoms with van der Waals surface area (Å²) in [7, 11) is 3.29. The number of hydrogen-bond donors (Lipinski definition) is 2. The molecular formula is C16H18N2O2S. The van der Waals surface area contributed by atoms with Gasteiger partial charge >= 0.3 is 0 Å². The van der Waals surface area contributed by atoms with Crippen molar-refractivity contribution in [3.63, 3.8) is 0 Å². The number of ether oxygens (including phenoxy) is 2. The Kier molecular flexibility index (Phi) is 5.40. The summed E-state index contributed by atoms with van der Waals surface area (Å²) in [5, 5.41) is 6.85. The lowest BCUT2D eigenvalue weighted by atomic mass is 10.2. The molecule has 0 aromatic heterocycles. The highest BCUT2D eigenvalue weighted by Crippen LogP contribution is 2.16. The van der Waals surface area contributed by atoms with Gasteiger partial charge in [-0.15, -0.1) is 0 Å². The molecule has 2 aromatic rings. The van der Waals surface area contributed by atoms with E-state index in [1.54, 1.807) is 14.2 Å². The lowest BCUT2D eigenvalue weighted by molar-refractivity contribution is 0.414. The third-order valence-electron chi connectivity index (χ3n) is 2.91. The molecule has 0 aliphatic rings. The van der Waals surface area contributed by atoms with Gasteiger partial charge in [0.1, 0.15) is 11.5 Å². The molecule has 0 unspecified atom stereocenters. The predicted molar refractivity (Wildman–Crippen MR) is 89.0 cm³/mol. The lowest BCUT2D eigenvalue weighted by Crippen LogP contribution is -2.27. The van der Waals surface area contributed by atoms with Gasteiger partial charge in [0.15, 0.2) is 5.11 Å². The molecule has 2 rings (SSSR count). The van der Waals surface area contributed by atoms with E-state index in [0.29, 0.717) is 11.7 Å². The predicted octanol–water partition coefficient (Wildman–Crippen LogP) is 3.19. The van der Waals surface area contributed by atoms with E-state index < -0.39 is 0 Å². The van der Waals surface area contributed by atoms with Crippen LogP contribution >= 0.6 is 12.2 Å². The summed E-state index contributed by atoms with van der Waals surface area (Å²) >= 11 is 5.28. The molecule has 0 fully saturated rings. The normalized spacial score (nSPS) is 9.81. The number of benzene rings is 2. The summed E-state index contributed by atoms with van der Waals surface area (Å²) in [6.45, 7) is 0.632. The quantitative estimate of drug-likeness (QED) is 0.830. The van der Waals surface area contributed by atoms with Crippen molar-refractivity contribution in [2.75, 3.05) is 19.5 Å². The van der Waals surface area contributed by atoms with Gasteiger partial charge < -0.3 is 20.1 Å². The second-order valence-electron chi connectivity index (χ2n) is 4.39. The van der Waals surface area contributed by atoms with Crippen LogP contribution in [0.15, 0.2) is 48.5 Å². The average molecular weight is 302 g/mol. The maximum Gasteiger partial charge on any atom is 0.171 e. The number of nitrogens with one attached hydrogen (secondary N) is 2. The molecule has 0 heterocycles. The summed E-state index contributed by atoms with van der Waals surface area (Å²) < 4.78 is 10.4. The van der Waals surface area contributed by atoms with Crippen LogP contribution in [0.4, 0.5) is 5.69 Å². The molecule has 0 aliphatic heterocycles. The van der Waals surface area contributed by atoms with Gasteiger partial charge in [0.25, 0.3) is 0 Å². The van der Waals surface area contributed by atoms with Gasteiger partial charge in [0.2, 0.25) is 0 Å². The second kappa shape index (κ2) is 7.50. The summed E-state index contributed by atoms with van der Waals surface area (Å²) in [5.74, 6) is 1.62. The van der Waals surface area contributed by atoms with Gasteiger partial charge in [-0.1, -0.05) is 18.2 Å². The highest BCUT2D eigenvalue weighted by molar-refractivity contribution is 7.80. The molecule has 5 heteroatoms. The molecule has 0 saturated heterocycles. The van der Waals surface area contributed by atoms with Crippen molar-refractivity contribution in [3.8, 4) is 11.5 Å². The monoisotopic (exact) mass is 302 g/mol. The van der Waals surface area contributed by atoms with Crippen molar-refractivity contribution in [1.82, 2.24) is 5.32 Å². The fraction of sp³-hybridized carbons (Fsp3) is 0.188. The molecule has 2 N–H and O–H groups in total. The number of methoxy groups -OCH3 is 2. The maximum atomic E-state index is 5.28. The van der Waals surface area contributed by atoms with Crippen molar-refractivity contribution in [1.29, 1.82) is 0 Å². The number of anilines is 1. The first kappa shape index (κ1) is 15.1. The number of hydrogen-bond acceptors (Lipinski definition) is 3. The van der Waals surface area contributed by atoms with Crippen LogP contribution in [-0.2, 0) is 6.54 Å². The molecule has 0 radical (unpaired) electrons. The van der Waals surface area contributed by atoms with Crippen LogP contribution < -0.4 is 20.1 Å². The maximum absolute atomic E-state index is 5.28. The molecule has 21 heavy (non-hydrogen) atoms. The highest BCUT2D eigenvalue weighted by atomic mass is 32.1. The minimum Gasteiger partial charge on any atom is -0.497 e. The van der Waals surface area contributed by atoms with E-state index in [1.165, 1.54) is 0 Å². The summed E-state index contributed by atoms with van der Waals surface area (Å²) in [4.78, 5) is 0. The summed E-state index contributed by atoms with van der Waals surface area (Å²) in [6, 6.07) is 15.5. The van der Waals surface area contributed by atoms with E-state index in [0.717, 1.165) is 22.7 Å². The fourth-order valence-corrected chi connectivity index (χ4v) is 2.03. The van der Waals surface area contributed by atoms with Gasteiger partial charge in [0, 0.05) is 18.3 Å². The average Bonchev–Trinajstić information content (AvgIpc) is 2.53. The molecular weight excluding hydrogens is 284 g/mol. The fourth-order valence-electron chi connectivity index (χ4n) is 1.84. The topological polar surface area (TPSA) is 42.5 Å². The first-order chi connectivity index (χ1) is 10.2. The van der Waals surface area contributed by atoms with Crippen LogP contribution in [0.25, 0.3) is 0 Å². The molecule has 110 valence electrons. The Labute approximate surface area is 130 Å². The van der Waals surface area contributed by atoms with Crippen LogP contribution in [-0.4, -0.2) is 19.3 Å². The Bertz CT molecular complexity index is 617. The Hall–Kier alpha value is -2.27. The van der Waals surface area contributed by atoms with E-state index in [-0.39, 0.29) is 0 Å². The third-order valence-corrected chi connectivity index (χ3v) is 3.16. The smallest absolute Gasteiger partial charge is 0.171 e. The Morgan fingerprint density at radius 2 is 1.67 bits per heavy atom. The SMILES string of the molecule is COc1cccc(CNC(=S)Nc2cccc(OC)c2)c1. The van der Waals surface area contributed by atoms with Crippen LogP contribution in [0.5, 0.6) is 11.5 Å². The standard InChI is InChI=1S/C16H18N2O2S/c1-19-14-7-3-5-12(9-14)11-17-16(21)18-13-6-4-8-15(10-13)20-2/h3-10H,11H2,1-2H3,(H2,17,18,21). The van der Waals surface area contributed by atoms with Gasteiger partial charge in [-0.05, 0) is 42.0 Å². The van der Waals surface area contributed by atoms with E-state index in [1.807, 2.05) is 48.5 Å². The Balaban J connectivity index is 1.89. The van der Waals surface area contributed by atoms with Gasteiger partial charge in [-0.3, -0.25) is 0 Å². The Morgan fingerprint density at radius 3 is 2.38 bits per heavy atom. The first-order valence-electron chi connectivity index (χ1n) is 6.53. The van der Waals surface area contributed by atoms with E-state index >= 15 is 0 Å². The zero-order valence-electron chi connectivity index (χ0n) is 12.1. The van der Waals surface area contributed by atoms with E-state index in [2.05, 4.69) is 10.6 Å².